The number of aromatic amines is 1. The number of aryl methyl sites for hydroxylation is 2. The standard InChI is InChI=1S/C23H21N5O5/c1-3-19-18(21(29)27(25-19)16-7-9-17(10-8-16)28(32)33)12-20-22(30)26(23(31)24-20)13-15-6-4-5-14(2)11-15/h4-12,25H,3,13H2,1-2H3,(H,24,31)/b20-12-. The molecule has 3 amide bonds. The Bertz CT molecular complexity index is 1350. The lowest BCUT2D eigenvalue weighted by Crippen LogP contribution is -2.30. The third-order valence-electron chi connectivity index (χ3n) is 5.35. The molecular weight excluding hydrogens is 426 g/mol. The molecule has 10 heteroatoms. The van der Waals surface area contributed by atoms with E-state index in [9.17, 15) is 24.5 Å². The number of nitro benzene ring substituents is 1. The Morgan fingerprint density at radius 2 is 1.82 bits per heavy atom. The van der Waals surface area contributed by atoms with Crippen molar-refractivity contribution in [2.75, 3.05) is 0 Å². The number of urea groups is 1. The van der Waals surface area contributed by atoms with Gasteiger partial charge in [-0.15, -0.1) is 0 Å². The van der Waals surface area contributed by atoms with Crippen molar-refractivity contribution in [1.82, 2.24) is 20.0 Å². The lowest BCUT2D eigenvalue weighted by atomic mass is 10.1. The van der Waals surface area contributed by atoms with Crippen LogP contribution in [0.4, 0.5) is 10.5 Å². The van der Waals surface area contributed by atoms with Crippen LogP contribution in [0.3, 0.4) is 0 Å². The van der Waals surface area contributed by atoms with Crippen molar-refractivity contribution >= 4 is 23.7 Å². The number of nitrogens with one attached hydrogen (secondary N) is 2. The molecule has 1 aliphatic rings. The number of hydrogen-bond acceptors (Lipinski definition) is 5. The topological polar surface area (TPSA) is 130 Å². The molecular formula is C23H21N5O5. The van der Waals surface area contributed by atoms with Gasteiger partial charge >= 0.3 is 6.03 Å². The quantitative estimate of drug-likeness (QED) is 0.260. The number of amides is 3. The van der Waals surface area contributed by atoms with Crippen molar-refractivity contribution < 1.29 is 14.5 Å². The summed E-state index contributed by atoms with van der Waals surface area (Å²) in [6, 6.07) is 12.5. The molecule has 1 aromatic heterocycles. The molecule has 10 nitrogen and oxygen atoms in total. The SMILES string of the molecule is CCc1[nH]n(-c2ccc([N+](=O)[O-])cc2)c(=O)c1/C=C1\NC(=O)N(Cc2cccc(C)c2)C1=O. The summed E-state index contributed by atoms with van der Waals surface area (Å²) >= 11 is 0. The Kier molecular flexibility index (Phi) is 5.65. The van der Waals surface area contributed by atoms with Gasteiger partial charge in [-0.05, 0) is 37.1 Å². The van der Waals surface area contributed by atoms with Crippen molar-refractivity contribution in [2.45, 2.75) is 26.8 Å². The number of hydrogen-bond donors (Lipinski definition) is 2. The molecule has 3 aromatic rings. The first kappa shape index (κ1) is 21.8. The maximum Gasteiger partial charge on any atom is 0.329 e. The van der Waals surface area contributed by atoms with Gasteiger partial charge < -0.3 is 5.32 Å². The van der Waals surface area contributed by atoms with E-state index < -0.39 is 22.4 Å². The fraction of sp³-hybridized carbons (Fsp3) is 0.174. The number of carbonyl (C=O) groups excluding carboxylic acids is 2. The number of H-pyrrole nitrogens is 1. The van der Waals surface area contributed by atoms with Crippen LogP contribution in [0.2, 0.25) is 0 Å². The van der Waals surface area contributed by atoms with Crippen LogP contribution >= 0.6 is 0 Å². The number of aromatic nitrogens is 2. The molecule has 0 unspecified atom stereocenters. The molecule has 0 aliphatic carbocycles. The molecule has 0 bridgehead atoms. The van der Waals surface area contributed by atoms with Crippen LogP contribution in [0.1, 0.15) is 29.3 Å². The predicted molar refractivity (Wildman–Crippen MR) is 121 cm³/mol. The van der Waals surface area contributed by atoms with Gasteiger partial charge in [0.25, 0.3) is 17.2 Å². The Morgan fingerprint density at radius 3 is 2.45 bits per heavy atom. The van der Waals surface area contributed by atoms with E-state index in [0.29, 0.717) is 17.8 Å². The maximum absolute atomic E-state index is 13.1. The molecule has 168 valence electrons. The first-order chi connectivity index (χ1) is 15.8. The molecule has 1 saturated heterocycles. The summed E-state index contributed by atoms with van der Waals surface area (Å²) in [7, 11) is 0. The third-order valence-corrected chi connectivity index (χ3v) is 5.35. The lowest BCUT2D eigenvalue weighted by Gasteiger charge is -2.12. The summed E-state index contributed by atoms with van der Waals surface area (Å²) in [4.78, 5) is 49.8. The zero-order chi connectivity index (χ0) is 23.7. The van der Waals surface area contributed by atoms with E-state index in [1.807, 2.05) is 38.1 Å². The van der Waals surface area contributed by atoms with E-state index in [1.165, 1.54) is 35.0 Å². The van der Waals surface area contributed by atoms with E-state index in [-0.39, 0.29) is 23.5 Å². The highest BCUT2D eigenvalue weighted by molar-refractivity contribution is 6.13. The summed E-state index contributed by atoms with van der Waals surface area (Å²) in [5.74, 6) is -0.522. The second-order valence-corrected chi connectivity index (χ2v) is 7.64. The zero-order valence-corrected chi connectivity index (χ0v) is 18.0. The van der Waals surface area contributed by atoms with E-state index in [2.05, 4.69) is 10.4 Å². The zero-order valence-electron chi connectivity index (χ0n) is 18.0. The second-order valence-electron chi connectivity index (χ2n) is 7.64. The monoisotopic (exact) mass is 447 g/mol. The van der Waals surface area contributed by atoms with Gasteiger partial charge in [0.1, 0.15) is 5.70 Å². The Labute approximate surface area is 188 Å². The fourth-order valence-electron chi connectivity index (χ4n) is 3.67. The van der Waals surface area contributed by atoms with Gasteiger partial charge in [-0.3, -0.25) is 29.7 Å². The molecule has 33 heavy (non-hydrogen) atoms. The summed E-state index contributed by atoms with van der Waals surface area (Å²) in [5, 5.41) is 16.4. The molecule has 0 saturated carbocycles. The minimum Gasteiger partial charge on any atom is -0.303 e. The van der Waals surface area contributed by atoms with Crippen molar-refractivity contribution in [1.29, 1.82) is 0 Å². The fourth-order valence-corrected chi connectivity index (χ4v) is 3.67. The van der Waals surface area contributed by atoms with Crippen LogP contribution in [-0.4, -0.2) is 31.5 Å². The van der Waals surface area contributed by atoms with Crippen LogP contribution < -0.4 is 10.9 Å². The average Bonchev–Trinajstić information content (AvgIpc) is 3.25. The molecule has 0 atom stereocenters. The predicted octanol–water partition coefficient (Wildman–Crippen LogP) is 3.04. The minimum atomic E-state index is -0.558. The second kappa shape index (κ2) is 8.58. The number of nitro groups is 1. The molecule has 1 aliphatic heterocycles. The Hall–Kier alpha value is -4.47. The number of benzene rings is 2. The summed E-state index contributed by atoms with van der Waals surface area (Å²) in [6.45, 7) is 3.88. The summed E-state index contributed by atoms with van der Waals surface area (Å²) in [6.07, 6.45) is 1.83. The van der Waals surface area contributed by atoms with Crippen LogP contribution in [0.5, 0.6) is 0 Å². The minimum absolute atomic E-state index is 0.00861. The van der Waals surface area contributed by atoms with Crippen molar-refractivity contribution in [3.05, 3.63) is 97.1 Å². The molecule has 4 rings (SSSR count). The number of rotatable bonds is 6. The van der Waals surface area contributed by atoms with Gasteiger partial charge in [0.15, 0.2) is 0 Å². The molecule has 2 N–H and O–H groups in total. The van der Waals surface area contributed by atoms with Crippen LogP contribution in [0.15, 0.2) is 59.0 Å². The van der Waals surface area contributed by atoms with Crippen LogP contribution in [0.25, 0.3) is 11.8 Å². The molecule has 1 fully saturated rings. The van der Waals surface area contributed by atoms with Crippen molar-refractivity contribution in [3.8, 4) is 5.69 Å². The van der Waals surface area contributed by atoms with Crippen molar-refractivity contribution in [2.24, 2.45) is 0 Å². The highest BCUT2D eigenvalue weighted by Gasteiger charge is 2.34. The summed E-state index contributed by atoms with van der Waals surface area (Å²) in [5.41, 5.74) is 2.51. The molecule has 0 radical (unpaired) electrons. The van der Waals surface area contributed by atoms with E-state index in [0.717, 1.165) is 16.0 Å². The normalized spacial score (nSPS) is 14.7. The lowest BCUT2D eigenvalue weighted by molar-refractivity contribution is -0.384. The highest BCUT2D eigenvalue weighted by atomic mass is 16.6. The van der Waals surface area contributed by atoms with E-state index in [4.69, 9.17) is 0 Å². The van der Waals surface area contributed by atoms with Gasteiger partial charge in [0.05, 0.1) is 22.7 Å². The van der Waals surface area contributed by atoms with Gasteiger partial charge in [0.2, 0.25) is 0 Å². The largest absolute Gasteiger partial charge is 0.329 e. The van der Waals surface area contributed by atoms with Crippen LogP contribution in [-0.2, 0) is 17.8 Å². The smallest absolute Gasteiger partial charge is 0.303 e. The summed E-state index contributed by atoms with van der Waals surface area (Å²) < 4.78 is 1.25. The Balaban J connectivity index is 1.66. The van der Waals surface area contributed by atoms with Gasteiger partial charge in [0, 0.05) is 17.8 Å². The average molecular weight is 447 g/mol. The molecule has 2 heterocycles. The third kappa shape index (κ3) is 4.18. The van der Waals surface area contributed by atoms with Gasteiger partial charge in [-0.2, -0.15) is 0 Å². The van der Waals surface area contributed by atoms with Crippen LogP contribution in [0, 0.1) is 17.0 Å². The number of non-ortho nitro benzene ring substituents is 1. The molecule has 2 aromatic carbocycles. The number of carbonyl (C=O) groups is 2. The highest BCUT2D eigenvalue weighted by Crippen LogP contribution is 2.19. The first-order valence-electron chi connectivity index (χ1n) is 10.3. The van der Waals surface area contributed by atoms with E-state index >= 15 is 0 Å². The van der Waals surface area contributed by atoms with Gasteiger partial charge in [-0.1, -0.05) is 36.8 Å². The molecule has 0 spiro atoms. The maximum atomic E-state index is 13.1. The Morgan fingerprint density at radius 1 is 1.09 bits per heavy atom. The number of imide groups is 1. The van der Waals surface area contributed by atoms with Gasteiger partial charge in [-0.25, -0.2) is 9.48 Å². The van der Waals surface area contributed by atoms with Crippen molar-refractivity contribution in [3.63, 3.8) is 0 Å². The first-order valence-corrected chi connectivity index (χ1v) is 10.3. The van der Waals surface area contributed by atoms with E-state index in [1.54, 1.807) is 0 Å². The number of nitrogens with zero attached hydrogens (tertiary/aromatic N) is 3.